The minimum atomic E-state index is -1.46. The van der Waals surface area contributed by atoms with E-state index in [2.05, 4.69) is 17.9 Å². The van der Waals surface area contributed by atoms with Crippen LogP contribution in [0.15, 0.2) is 0 Å². The molecule has 0 aromatic heterocycles. The number of likely N-dealkylation sites (tertiary alicyclic amines) is 2. The van der Waals surface area contributed by atoms with Crippen LogP contribution in [-0.2, 0) is 19.2 Å². The van der Waals surface area contributed by atoms with Crippen molar-refractivity contribution in [1.82, 2.24) is 15.1 Å². The summed E-state index contributed by atoms with van der Waals surface area (Å²) in [5.74, 6) is -2.49. The zero-order valence-corrected chi connectivity index (χ0v) is 16.7. The Morgan fingerprint density at radius 3 is 2.25 bits per heavy atom. The van der Waals surface area contributed by atoms with Gasteiger partial charge in [0.05, 0.1) is 12.1 Å². The highest BCUT2D eigenvalue weighted by atomic mass is 32.1. The van der Waals surface area contributed by atoms with Gasteiger partial charge in [0.1, 0.15) is 12.1 Å². The van der Waals surface area contributed by atoms with Gasteiger partial charge < -0.3 is 31.1 Å². The number of aliphatic hydroxyl groups is 1. The van der Waals surface area contributed by atoms with Crippen LogP contribution in [0.25, 0.3) is 0 Å². The molecule has 5 unspecified atom stereocenters. The quantitative estimate of drug-likeness (QED) is 0.306. The van der Waals surface area contributed by atoms with Gasteiger partial charge in [0.2, 0.25) is 17.7 Å². The highest BCUT2D eigenvalue weighted by Crippen LogP contribution is 2.25. The zero-order chi connectivity index (χ0) is 21.0. The molecule has 2 heterocycles. The summed E-state index contributed by atoms with van der Waals surface area (Å²) in [6.07, 6.45) is 0.848. The van der Waals surface area contributed by atoms with E-state index in [-0.39, 0.29) is 17.6 Å². The average molecular weight is 417 g/mol. The molecule has 2 rings (SSSR count). The normalized spacial score (nSPS) is 25.3. The second kappa shape index (κ2) is 9.57. The van der Waals surface area contributed by atoms with Gasteiger partial charge in [-0.3, -0.25) is 14.4 Å². The molecule has 5 N–H and O–H groups in total. The number of amides is 3. The predicted molar refractivity (Wildman–Crippen MR) is 103 cm³/mol. The molecule has 0 aromatic rings. The van der Waals surface area contributed by atoms with Crippen LogP contribution in [0.3, 0.4) is 0 Å². The van der Waals surface area contributed by atoms with Crippen LogP contribution in [0, 0.1) is 0 Å². The molecule has 11 heteroatoms. The third-order valence-corrected chi connectivity index (χ3v) is 5.61. The second-order valence-electron chi connectivity index (χ2n) is 7.23. The Kier molecular flexibility index (Phi) is 7.67. The molecule has 0 aliphatic carbocycles. The average Bonchev–Trinajstić information content (AvgIpc) is 3.32. The molecule has 0 bridgehead atoms. The first-order chi connectivity index (χ1) is 13.2. The van der Waals surface area contributed by atoms with Gasteiger partial charge in [-0.1, -0.05) is 0 Å². The molecule has 28 heavy (non-hydrogen) atoms. The number of thiol groups is 1. The molecule has 0 saturated carbocycles. The summed E-state index contributed by atoms with van der Waals surface area (Å²) < 4.78 is 0. The molecule has 0 aromatic carbocycles. The molecule has 2 saturated heterocycles. The maximum atomic E-state index is 13.1. The number of carboxylic acids is 1. The van der Waals surface area contributed by atoms with Crippen molar-refractivity contribution in [3.05, 3.63) is 0 Å². The number of rotatable bonds is 7. The smallest absolute Gasteiger partial charge is 0.328 e. The molecular weight excluding hydrogens is 388 g/mol. The van der Waals surface area contributed by atoms with Crippen molar-refractivity contribution in [3.8, 4) is 0 Å². The standard InChI is InChI=1S/C17H28N4O6S/c1-9(22)13(17(26)27)19-14(23)11-4-2-6-20(11)16(25)12-5-3-7-21(12)15(24)10(18)8-28/h9-13,22,28H,2-8,18H2,1H3,(H,19,23)(H,26,27). The van der Waals surface area contributed by atoms with Crippen molar-refractivity contribution in [2.45, 2.75) is 62.9 Å². The molecule has 2 fully saturated rings. The Bertz CT molecular complexity index is 631. The van der Waals surface area contributed by atoms with Crippen molar-refractivity contribution >= 4 is 36.3 Å². The molecule has 0 spiro atoms. The number of aliphatic hydroxyl groups excluding tert-OH is 1. The Morgan fingerprint density at radius 1 is 1.14 bits per heavy atom. The van der Waals surface area contributed by atoms with Crippen molar-refractivity contribution < 1.29 is 29.4 Å². The largest absolute Gasteiger partial charge is 0.480 e. The Labute approximate surface area is 168 Å². The number of nitrogens with one attached hydrogen (secondary N) is 1. The van der Waals surface area contributed by atoms with Crippen LogP contribution in [-0.4, -0.2) is 92.8 Å². The highest BCUT2D eigenvalue weighted by molar-refractivity contribution is 7.80. The minimum Gasteiger partial charge on any atom is -0.480 e. The maximum absolute atomic E-state index is 13.1. The van der Waals surface area contributed by atoms with Crippen molar-refractivity contribution in [1.29, 1.82) is 0 Å². The van der Waals surface area contributed by atoms with Gasteiger partial charge in [0, 0.05) is 18.8 Å². The summed E-state index contributed by atoms with van der Waals surface area (Å²) in [6, 6.07) is -3.76. The number of carbonyl (C=O) groups excluding carboxylic acids is 3. The van der Waals surface area contributed by atoms with Crippen molar-refractivity contribution in [2.75, 3.05) is 18.8 Å². The van der Waals surface area contributed by atoms with E-state index < -0.39 is 42.1 Å². The van der Waals surface area contributed by atoms with E-state index in [0.29, 0.717) is 38.8 Å². The minimum absolute atomic E-state index is 0.168. The lowest BCUT2D eigenvalue weighted by Gasteiger charge is -2.32. The van der Waals surface area contributed by atoms with E-state index in [1.165, 1.54) is 16.7 Å². The zero-order valence-electron chi connectivity index (χ0n) is 15.8. The Balaban J connectivity index is 2.10. The molecular formula is C17H28N4O6S. The molecule has 2 aliphatic rings. The second-order valence-corrected chi connectivity index (χ2v) is 7.60. The first kappa shape index (κ1) is 22.4. The van der Waals surface area contributed by atoms with E-state index in [1.54, 1.807) is 0 Å². The number of hydrogen-bond acceptors (Lipinski definition) is 7. The highest BCUT2D eigenvalue weighted by Gasteiger charge is 2.43. The van der Waals surface area contributed by atoms with Crippen LogP contribution in [0.4, 0.5) is 0 Å². The van der Waals surface area contributed by atoms with Crippen LogP contribution in [0.5, 0.6) is 0 Å². The number of aliphatic carboxylic acids is 1. The lowest BCUT2D eigenvalue weighted by molar-refractivity contribution is -0.149. The topological polar surface area (TPSA) is 153 Å². The fraction of sp³-hybridized carbons (Fsp3) is 0.765. The van der Waals surface area contributed by atoms with E-state index in [9.17, 15) is 24.3 Å². The predicted octanol–water partition coefficient (Wildman–Crippen LogP) is -1.82. The van der Waals surface area contributed by atoms with Gasteiger partial charge in [-0.15, -0.1) is 0 Å². The molecule has 5 atom stereocenters. The number of nitrogens with two attached hydrogens (primary N) is 1. The summed E-state index contributed by atoms with van der Waals surface area (Å²) in [6.45, 7) is 2.04. The van der Waals surface area contributed by atoms with Gasteiger partial charge in [-0.05, 0) is 32.6 Å². The van der Waals surface area contributed by atoms with Gasteiger partial charge in [-0.2, -0.15) is 12.6 Å². The van der Waals surface area contributed by atoms with Gasteiger partial charge in [0.15, 0.2) is 6.04 Å². The van der Waals surface area contributed by atoms with Crippen LogP contribution in [0.2, 0.25) is 0 Å². The van der Waals surface area contributed by atoms with Crippen molar-refractivity contribution in [2.24, 2.45) is 5.73 Å². The van der Waals surface area contributed by atoms with Gasteiger partial charge in [0.25, 0.3) is 0 Å². The first-order valence-electron chi connectivity index (χ1n) is 9.37. The van der Waals surface area contributed by atoms with Crippen LogP contribution < -0.4 is 11.1 Å². The summed E-state index contributed by atoms with van der Waals surface area (Å²) in [5.41, 5.74) is 5.76. The number of hydrogen-bond donors (Lipinski definition) is 5. The SMILES string of the molecule is CC(O)C(NC(=O)C1CCCN1C(=O)C1CCCN1C(=O)C(N)CS)C(=O)O. The van der Waals surface area contributed by atoms with Crippen molar-refractivity contribution in [3.63, 3.8) is 0 Å². The molecule has 2 aliphatic heterocycles. The molecule has 0 radical (unpaired) electrons. The molecule has 158 valence electrons. The van der Waals surface area contributed by atoms with E-state index in [1.807, 2.05) is 0 Å². The summed E-state index contributed by atoms with van der Waals surface area (Å²) >= 11 is 4.03. The van der Waals surface area contributed by atoms with E-state index in [0.717, 1.165) is 0 Å². The van der Waals surface area contributed by atoms with E-state index in [4.69, 9.17) is 10.8 Å². The third-order valence-electron chi connectivity index (χ3n) is 5.22. The molecule has 3 amide bonds. The summed E-state index contributed by atoms with van der Waals surface area (Å²) in [7, 11) is 0. The fourth-order valence-corrected chi connectivity index (χ4v) is 3.87. The van der Waals surface area contributed by atoms with E-state index >= 15 is 0 Å². The van der Waals surface area contributed by atoms with Crippen LogP contribution in [0.1, 0.15) is 32.6 Å². The number of carboxylic acid groups (broad SMARTS) is 1. The van der Waals surface area contributed by atoms with Gasteiger partial charge in [-0.25, -0.2) is 4.79 Å². The monoisotopic (exact) mass is 416 g/mol. The fourth-order valence-electron chi connectivity index (χ4n) is 3.71. The maximum Gasteiger partial charge on any atom is 0.328 e. The molecule has 10 nitrogen and oxygen atoms in total. The summed E-state index contributed by atoms with van der Waals surface area (Å²) in [5, 5.41) is 21.0. The Hall–Kier alpha value is -1.85. The van der Waals surface area contributed by atoms with Crippen LogP contribution >= 0.6 is 12.6 Å². The number of nitrogens with zero attached hydrogens (tertiary/aromatic N) is 2. The summed E-state index contributed by atoms with van der Waals surface area (Å²) in [4.78, 5) is 52.1. The lowest BCUT2D eigenvalue weighted by atomic mass is 10.1. The van der Waals surface area contributed by atoms with Gasteiger partial charge >= 0.3 is 5.97 Å². The first-order valence-corrected chi connectivity index (χ1v) is 10.0. The lowest BCUT2D eigenvalue weighted by Crippen LogP contribution is -2.57. The number of carbonyl (C=O) groups is 4. The Morgan fingerprint density at radius 2 is 1.71 bits per heavy atom. The third kappa shape index (κ3) is 4.76.